The van der Waals surface area contributed by atoms with Gasteiger partial charge in [0.25, 0.3) is 0 Å². The molecule has 0 spiro atoms. The van der Waals surface area contributed by atoms with Crippen molar-refractivity contribution in [1.82, 2.24) is 0 Å². The number of rotatable bonds is 5. The van der Waals surface area contributed by atoms with Gasteiger partial charge < -0.3 is 5.11 Å². The fourth-order valence-corrected chi connectivity index (χ4v) is 2.02. The van der Waals surface area contributed by atoms with Gasteiger partial charge in [-0.15, -0.1) is 6.58 Å². The molecule has 1 nitrogen and oxygen atoms in total. The minimum atomic E-state index is -0.917. The molecule has 2 heteroatoms. The molecule has 104 valence electrons. The predicted octanol–water partition coefficient (Wildman–Crippen LogP) is 4.50. The van der Waals surface area contributed by atoms with E-state index in [1.165, 1.54) is 12.1 Å². The van der Waals surface area contributed by atoms with Crippen molar-refractivity contribution in [3.05, 3.63) is 54.4 Å². The minimum absolute atomic E-state index is 0.264. The Morgan fingerprint density at radius 1 is 1.32 bits per heavy atom. The third kappa shape index (κ3) is 3.54. The van der Waals surface area contributed by atoms with Gasteiger partial charge in [0, 0.05) is 5.41 Å². The van der Waals surface area contributed by atoms with Crippen molar-refractivity contribution < 1.29 is 9.50 Å². The monoisotopic (exact) mass is 262 g/mol. The van der Waals surface area contributed by atoms with E-state index in [1.54, 1.807) is 19.9 Å². The number of aryl methyl sites for hydroxylation is 1. The zero-order valence-electron chi connectivity index (χ0n) is 12.3. The van der Waals surface area contributed by atoms with Crippen molar-refractivity contribution in [3.63, 3.8) is 0 Å². The Bertz CT molecular complexity index is 476. The van der Waals surface area contributed by atoms with E-state index in [0.717, 1.165) is 16.7 Å². The highest BCUT2D eigenvalue weighted by molar-refractivity contribution is 5.65. The van der Waals surface area contributed by atoms with Crippen molar-refractivity contribution in [2.45, 2.75) is 39.7 Å². The number of halogens is 1. The van der Waals surface area contributed by atoms with Gasteiger partial charge in [0.1, 0.15) is 5.82 Å². The lowest BCUT2D eigenvalue weighted by Crippen LogP contribution is -2.39. The first-order valence-electron chi connectivity index (χ1n) is 6.40. The zero-order valence-corrected chi connectivity index (χ0v) is 12.3. The lowest BCUT2D eigenvalue weighted by Gasteiger charge is -2.38. The molecular weight excluding hydrogens is 239 g/mol. The first-order chi connectivity index (χ1) is 8.59. The van der Waals surface area contributed by atoms with Crippen molar-refractivity contribution in [3.8, 4) is 0 Å². The number of hydrogen-bond acceptors (Lipinski definition) is 1. The molecule has 0 heterocycles. The third-order valence-electron chi connectivity index (χ3n) is 3.88. The van der Waals surface area contributed by atoms with Crippen molar-refractivity contribution in [1.29, 1.82) is 0 Å². The molecule has 0 saturated carbocycles. The SMILES string of the molecule is C=CC(C)(CC(=C)c1cc(C)cc(F)c1)C(C)(C)O. The fraction of sp³-hybridized carbons (Fsp3) is 0.412. The highest BCUT2D eigenvalue weighted by atomic mass is 19.1. The van der Waals surface area contributed by atoms with E-state index in [-0.39, 0.29) is 5.82 Å². The third-order valence-corrected chi connectivity index (χ3v) is 3.88. The summed E-state index contributed by atoms with van der Waals surface area (Å²) in [5, 5.41) is 10.3. The second kappa shape index (κ2) is 5.30. The molecule has 0 amide bonds. The number of hydrogen-bond donors (Lipinski definition) is 1. The van der Waals surface area contributed by atoms with Crippen LogP contribution in [0.1, 0.15) is 38.3 Å². The van der Waals surface area contributed by atoms with Gasteiger partial charge in [-0.3, -0.25) is 0 Å². The second-order valence-corrected chi connectivity index (χ2v) is 5.98. The minimum Gasteiger partial charge on any atom is -0.390 e. The van der Waals surface area contributed by atoms with Crippen molar-refractivity contribution in [2.75, 3.05) is 0 Å². The first kappa shape index (κ1) is 15.6. The molecule has 0 radical (unpaired) electrons. The van der Waals surface area contributed by atoms with Gasteiger partial charge in [0.2, 0.25) is 0 Å². The Morgan fingerprint density at radius 2 is 1.89 bits per heavy atom. The Hall–Kier alpha value is -1.41. The fourth-order valence-electron chi connectivity index (χ4n) is 2.02. The Morgan fingerprint density at radius 3 is 2.32 bits per heavy atom. The van der Waals surface area contributed by atoms with Crippen LogP contribution in [0.2, 0.25) is 0 Å². The molecular formula is C17H23FO. The molecule has 0 saturated heterocycles. The van der Waals surface area contributed by atoms with Gasteiger partial charge >= 0.3 is 0 Å². The van der Waals surface area contributed by atoms with Gasteiger partial charge in [0.05, 0.1) is 5.60 Å². The molecule has 1 aromatic rings. The van der Waals surface area contributed by atoms with Crippen molar-refractivity contribution in [2.24, 2.45) is 5.41 Å². The van der Waals surface area contributed by atoms with Crippen LogP contribution in [0.3, 0.4) is 0 Å². The zero-order chi connectivity index (χ0) is 14.8. The normalized spacial score (nSPS) is 14.8. The summed E-state index contributed by atoms with van der Waals surface area (Å²) in [4.78, 5) is 0. The molecule has 1 aromatic carbocycles. The van der Waals surface area contributed by atoms with Crippen LogP contribution in [0.25, 0.3) is 5.57 Å². The maximum atomic E-state index is 13.4. The molecule has 0 fully saturated rings. The Balaban J connectivity index is 3.05. The van der Waals surface area contributed by atoms with Gasteiger partial charge in [0.15, 0.2) is 0 Å². The van der Waals surface area contributed by atoms with Crippen LogP contribution < -0.4 is 0 Å². The number of aliphatic hydroxyl groups is 1. The maximum absolute atomic E-state index is 13.4. The van der Waals surface area contributed by atoms with E-state index < -0.39 is 11.0 Å². The second-order valence-electron chi connectivity index (χ2n) is 5.98. The van der Waals surface area contributed by atoms with Crippen LogP contribution in [0.4, 0.5) is 4.39 Å². The largest absolute Gasteiger partial charge is 0.390 e. The van der Waals surface area contributed by atoms with Gasteiger partial charge in [-0.25, -0.2) is 4.39 Å². The van der Waals surface area contributed by atoms with Crippen LogP contribution in [0.15, 0.2) is 37.4 Å². The van der Waals surface area contributed by atoms with Crippen LogP contribution in [0.5, 0.6) is 0 Å². The lowest BCUT2D eigenvalue weighted by atomic mass is 9.70. The highest BCUT2D eigenvalue weighted by Gasteiger charge is 2.37. The summed E-state index contributed by atoms with van der Waals surface area (Å²) in [5.41, 5.74) is 1.01. The van der Waals surface area contributed by atoms with Gasteiger partial charge in [-0.05, 0) is 56.0 Å². The van der Waals surface area contributed by atoms with Crippen molar-refractivity contribution >= 4 is 5.57 Å². The van der Waals surface area contributed by atoms with Gasteiger partial charge in [-0.1, -0.05) is 25.6 Å². The number of benzene rings is 1. The maximum Gasteiger partial charge on any atom is 0.124 e. The quantitative estimate of drug-likeness (QED) is 0.775. The summed E-state index contributed by atoms with van der Waals surface area (Å²) in [5.74, 6) is -0.264. The van der Waals surface area contributed by atoms with E-state index in [0.29, 0.717) is 6.42 Å². The van der Waals surface area contributed by atoms with E-state index in [9.17, 15) is 9.50 Å². The Kier molecular flexibility index (Phi) is 4.36. The summed E-state index contributed by atoms with van der Waals surface area (Å²) in [6.07, 6.45) is 2.27. The summed E-state index contributed by atoms with van der Waals surface area (Å²) >= 11 is 0. The summed E-state index contributed by atoms with van der Waals surface area (Å²) in [7, 11) is 0. The van der Waals surface area contributed by atoms with Crippen LogP contribution >= 0.6 is 0 Å². The van der Waals surface area contributed by atoms with Crippen LogP contribution in [-0.2, 0) is 0 Å². The van der Waals surface area contributed by atoms with E-state index in [2.05, 4.69) is 13.2 Å². The first-order valence-corrected chi connectivity index (χ1v) is 6.40. The summed E-state index contributed by atoms with van der Waals surface area (Å²) < 4.78 is 13.4. The average Bonchev–Trinajstić information content (AvgIpc) is 2.25. The summed E-state index contributed by atoms with van der Waals surface area (Å²) in [6, 6.07) is 4.86. The Labute approximate surface area is 115 Å². The van der Waals surface area contributed by atoms with Crippen LogP contribution in [0, 0.1) is 18.2 Å². The molecule has 0 bridgehead atoms. The van der Waals surface area contributed by atoms with Crippen LogP contribution in [-0.4, -0.2) is 10.7 Å². The average molecular weight is 262 g/mol. The summed E-state index contributed by atoms with van der Waals surface area (Å²) in [6.45, 7) is 15.1. The predicted molar refractivity (Wildman–Crippen MR) is 79.4 cm³/mol. The standard InChI is InChI=1S/C17H23FO/c1-7-17(6,16(4,5)19)11-13(3)14-8-12(2)9-15(18)10-14/h7-10,19H,1,3,11H2,2,4-6H3. The molecule has 0 aromatic heterocycles. The molecule has 1 atom stereocenters. The molecule has 1 N–H and O–H groups in total. The molecule has 1 rings (SSSR count). The molecule has 0 aliphatic carbocycles. The number of allylic oxidation sites excluding steroid dienone is 1. The molecule has 0 aliphatic rings. The lowest BCUT2D eigenvalue weighted by molar-refractivity contribution is -0.0144. The highest BCUT2D eigenvalue weighted by Crippen LogP contribution is 2.40. The van der Waals surface area contributed by atoms with E-state index in [1.807, 2.05) is 19.9 Å². The van der Waals surface area contributed by atoms with E-state index >= 15 is 0 Å². The topological polar surface area (TPSA) is 20.2 Å². The van der Waals surface area contributed by atoms with E-state index in [4.69, 9.17) is 0 Å². The van der Waals surface area contributed by atoms with Gasteiger partial charge in [-0.2, -0.15) is 0 Å². The molecule has 1 unspecified atom stereocenters. The molecule has 0 aliphatic heterocycles. The smallest absolute Gasteiger partial charge is 0.124 e. The molecule has 19 heavy (non-hydrogen) atoms.